The number of amides is 1. The number of hydrogen-bond donors (Lipinski definition) is 1. The van der Waals surface area contributed by atoms with Crippen LogP contribution in [0.3, 0.4) is 0 Å². The van der Waals surface area contributed by atoms with Crippen molar-refractivity contribution in [1.82, 2.24) is 9.29 Å². The van der Waals surface area contributed by atoms with Gasteiger partial charge in [-0.15, -0.1) is 0 Å². The lowest BCUT2D eigenvalue weighted by Gasteiger charge is -2.35. The Morgan fingerprint density at radius 2 is 2.00 bits per heavy atom. The normalized spacial score (nSPS) is 16.4. The van der Waals surface area contributed by atoms with E-state index in [-0.39, 0.29) is 11.7 Å². The van der Waals surface area contributed by atoms with Gasteiger partial charge in [0.1, 0.15) is 16.3 Å². The number of hydrogen-bond acceptors (Lipinski definition) is 4. The van der Waals surface area contributed by atoms with E-state index in [9.17, 15) is 18.0 Å². The zero-order valence-electron chi connectivity index (χ0n) is 11.7. The molecule has 2 heterocycles. The zero-order valence-corrected chi connectivity index (χ0v) is 12.5. The Hall–Kier alpha value is -1.28. The second-order valence-corrected chi connectivity index (χ2v) is 6.96. The predicted octanol–water partition coefficient (Wildman–Crippen LogP) is 3.17. The smallest absolute Gasteiger partial charge is 0.309 e. The molecule has 0 atom stereocenters. The Balaban J connectivity index is 2.04. The van der Waals surface area contributed by atoms with Crippen molar-refractivity contribution in [2.75, 3.05) is 18.4 Å². The Morgan fingerprint density at radius 1 is 1.33 bits per heavy atom. The summed E-state index contributed by atoms with van der Waals surface area (Å²) in [5, 5.41) is 2.45. The van der Waals surface area contributed by atoms with Crippen molar-refractivity contribution < 1.29 is 18.0 Å². The molecule has 1 saturated heterocycles. The number of carbonyl (C=O) groups is 1. The van der Waals surface area contributed by atoms with Crippen LogP contribution in [0.15, 0.2) is 18.2 Å². The van der Waals surface area contributed by atoms with Gasteiger partial charge in [0.15, 0.2) is 0 Å². The summed E-state index contributed by atoms with van der Waals surface area (Å²) in [6.45, 7) is 5.31. The van der Waals surface area contributed by atoms with E-state index in [0.29, 0.717) is 0 Å². The molecular formula is C13H16F3N3OS. The SMILES string of the molecule is CC(C)(SN1CCC1)C(=O)Nc1cccc(C(F)(F)F)n1. The van der Waals surface area contributed by atoms with Crippen LogP contribution >= 0.6 is 11.9 Å². The topological polar surface area (TPSA) is 45.2 Å². The number of aromatic nitrogens is 1. The van der Waals surface area contributed by atoms with E-state index in [2.05, 4.69) is 14.6 Å². The van der Waals surface area contributed by atoms with Gasteiger partial charge in [0.25, 0.3) is 0 Å². The maximum Gasteiger partial charge on any atom is 0.433 e. The van der Waals surface area contributed by atoms with Crippen molar-refractivity contribution in [2.45, 2.75) is 31.2 Å². The van der Waals surface area contributed by atoms with E-state index in [1.807, 2.05) is 0 Å². The van der Waals surface area contributed by atoms with E-state index >= 15 is 0 Å². The number of carbonyl (C=O) groups excluding carboxylic acids is 1. The molecule has 0 aliphatic carbocycles. The van der Waals surface area contributed by atoms with Crippen LogP contribution in [0, 0.1) is 0 Å². The van der Waals surface area contributed by atoms with Gasteiger partial charge in [-0.25, -0.2) is 9.29 Å². The average Bonchev–Trinajstić information content (AvgIpc) is 2.33. The number of anilines is 1. The highest BCUT2D eigenvalue weighted by Crippen LogP contribution is 2.33. The zero-order chi connectivity index (χ0) is 15.7. The van der Waals surface area contributed by atoms with Gasteiger partial charge in [0.05, 0.1) is 0 Å². The summed E-state index contributed by atoms with van der Waals surface area (Å²) < 4.78 is 39.0. The molecule has 8 heteroatoms. The fourth-order valence-corrected chi connectivity index (χ4v) is 2.89. The first-order chi connectivity index (χ1) is 9.68. The lowest BCUT2D eigenvalue weighted by Crippen LogP contribution is -2.42. The number of halogens is 3. The third-order valence-corrected chi connectivity index (χ3v) is 4.27. The monoisotopic (exact) mass is 319 g/mol. The fraction of sp³-hybridized carbons (Fsp3) is 0.538. The Kier molecular flexibility index (Phi) is 4.48. The molecule has 2 rings (SSSR count). The molecule has 1 amide bonds. The highest BCUT2D eigenvalue weighted by atomic mass is 32.2. The maximum absolute atomic E-state index is 12.6. The molecule has 1 aromatic rings. The average molecular weight is 319 g/mol. The molecule has 0 bridgehead atoms. The van der Waals surface area contributed by atoms with Crippen molar-refractivity contribution in [2.24, 2.45) is 0 Å². The van der Waals surface area contributed by atoms with Crippen LogP contribution in [0.2, 0.25) is 0 Å². The number of alkyl halides is 3. The van der Waals surface area contributed by atoms with Crippen LogP contribution in [0.1, 0.15) is 26.0 Å². The minimum Gasteiger partial charge on any atom is -0.309 e. The molecule has 1 fully saturated rings. The van der Waals surface area contributed by atoms with E-state index in [0.717, 1.165) is 25.6 Å². The molecule has 116 valence electrons. The fourth-order valence-electron chi connectivity index (χ4n) is 1.67. The molecule has 1 aliphatic heterocycles. The van der Waals surface area contributed by atoms with E-state index in [4.69, 9.17) is 0 Å². The highest BCUT2D eigenvalue weighted by molar-refractivity contribution is 7.99. The summed E-state index contributed by atoms with van der Waals surface area (Å²) in [6, 6.07) is 3.44. The van der Waals surface area contributed by atoms with Crippen LogP contribution in [-0.2, 0) is 11.0 Å². The van der Waals surface area contributed by atoms with Gasteiger partial charge >= 0.3 is 6.18 Å². The van der Waals surface area contributed by atoms with Gasteiger partial charge in [-0.2, -0.15) is 13.2 Å². The quantitative estimate of drug-likeness (QED) is 0.866. The molecule has 4 nitrogen and oxygen atoms in total. The number of pyridine rings is 1. The summed E-state index contributed by atoms with van der Waals surface area (Å²) in [5.74, 6) is -0.460. The van der Waals surface area contributed by atoms with Crippen molar-refractivity contribution in [3.8, 4) is 0 Å². The van der Waals surface area contributed by atoms with Gasteiger partial charge in [0.2, 0.25) is 5.91 Å². The third-order valence-electron chi connectivity index (χ3n) is 3.00. The summed E-state index contributed by atoms with van der Waals surface area (Å²) in [6.07, 6.45) is -3.43. The molecule has 1 aromatic heterocycles. The number of nitrogens with zero attached hydrogens (tertiary/aromatic N) is 2. The van der Waals surface area contributed by atoms with Gasteiger partial charge in [0, 0.05) is 13.1 Å². The Bertz CT molecular complexity index is 530. The minimum absolute atomic E-state index is 0.0906. The summed E-state index contributed by atoms with van der Waals surface area (Å²) >= 11 is 1.40. The molecule has 1 aliphatic rings. The van der Waals surface area contributed by atoms with Crippen molar-refractivity contribution >= 4 is 23.7 Å². The third kappa shape index (κ3) is 4.10. The van der Waals surface area contributed by atoms with Crippen LogP contribution in [0.25, 0.3) is 0 Å². The van der Waals surface area contributed by atoms with Crippen molar-refractivity contribution in [1.29, 1.82) is 0 Å². The van der Waals surface area contributed by atoms with Crippen molar-refractivity contribution in [3.05, 3.63) is 23.9 Å². The van der Waals surface area contributed by atoms with Crippen LogP contribution in [-0.4, -0.2) is 33.0 Å². The summed E-state index contributed by atoms with van der Waals surface area (Å²) in [4.78, 5) is 15.6. The van der Waals surface area contributed by atoms with E-state index in [1.54, 1.807) is 13.8 Å². The summed E-state index contributed by atoms with van der Waals surface area (Å²) in [7, 11) is 0. The van der Waals surface area contributed by atoms with Gasteiger partial charge in [-0.05, 0) is 32.4 Å². The molecule has 0 aromatic carbocycles. The van der Waals surface area contributed by atoms with Gasteiger partial charge in [-0.1, -0.05) is 18.0 Å². The molecule has 1 N–H and O–H groups in total. The van der Waals surface area contributed by atoms with Gasteiger partial charge in [-0.3, -0.25) is 4.79 Å². The molecule has 0 unspecified atom stereocenters. The lowest BCUT2D eigenvalue weighted by molar-refractivity contribution is -0.141. The second-order valence-electron chi connectivity index (χ2n) is 5.24. The standard InChI is InChI=1S/C13H16F3N3OS/c1-12(2,21-19-7-4-8-19)11(20)18-10-6-3-5-9(17-10)13(14,15)16/h3,5-6H,4,7-8H2,1-2H3,(H,17,18,20). The van der Waals surface area contributed by atoms with Crippen LogP contribution in [0.4, 0.5) is 19.0 Å². The molecule has 0 spiro atoms. The summed E-state index contributed by atoms with van der Waals surface area (Å²) in [5.41, 5.74) is -1.02. The first kappa shape index (κ1) is 16.1. The number of nitrogens with one attached hydrogen (secondary N) is 1. The van der Waals surface area contributed by atoms with E-state index in [1.165, 1.54) is 24.1 Å². The molecule has 0 radical (unpaired) electrons. The first-order valence-electron chi connectivity index (χ1n) is 6.48. The molecule has 0 saturated carbocycles. The predicted molar refractivity (Wildman–Crippen MR) is 75.7 cm³/mol. The first-order valence-corrected chi connectivity index (χ1v) is 7.25. The largest absolute Gasteiger partial charge is 0.433 e. The van der Waals surface area contributed by atoms with Gasteiger partial charge < -0.3 is 5.32 Å². The minimum atomic E-state index is -4.53. The molecule has 21 heavy (non-hydrogen) atoms. The second kappa shape index (κ2) is 5.84. The Labute approximate surface area is 125 Å². The van der Waals surface area contributed by atoms with Crippen LogP contribution in [0.5, 0.6) is 0 Å². The Morgan fingerprint density at radius 3 is 2.52 bits per heavy atom. The molecular weight excluding hydrogens is 303 g/mol. The van der Waals surface area contributed by atoms with E-state index < -0.39 is 16.6 Å². The lowest BCUT2D eigenvalue weighted by atomic mass is 10.2. The maximum atomic E-state index is 12.6. The number of rotatable bonds is 4. The highest BCUT2D eigenvalue weighted by Gasteiger charge is 2.35. The van der Waals surface area contributed by atoms with Crippen molar-refractivity contribution in [3.63, 3.8) is 0 Å². The van der Waals surface area contributed by atoms with Crippen LogP contribution < -0.4 is 5.32 Å².